The number of methoxy groups -OCH3 is 1. The van der Waals surface area contributed by atoms with Gasteiger partial charge in [0, 0.05) is 10.6 Å². The third-order valence-corrected chi connectivity index (χ3v) is 7.44. The number of allylic oxidation sites excluding steroid dienone is 1. The van der Waals surface area contributed by atoms with Gasteiger partial charge in [0.05, 0.1) is 39.1 Å². The zero-order chi connectivity index (χ0) is 24.6. The van der Waals surface area contributed by atoms with Crippen LogP contribution in [0, 0.1) is 10.5 Å². The van der Waals surface area contributed by atoms with Crippen LogP contribution < -0.4 is 19.6 Å². The monoisotopic (exact) mass is 608 g/mol. The summed E-state index contributed by atoms with van der Waals surface area (Å²) in [5, 5.41) is 0.544. The summed E-state index contributed by atoms with van der Waals surface area (Å²) >= 11 is 9.68. The number of fused-ring (bicyclic) bond motifs is 1. The van der Waals surface area contributed by atoms with Gasteiger partial charge in [-0.2, -0.15) is 0 Å². The second-order valence-corrected chi connectivity index (χ2v) is 10.3. The third-order valence-electron chi connectivity index (χ3n) is 5.44. The van der Waals surface area contributed by atoms with Gasteiger partial charge >= 0.3 is 5.97 Å². The van der Waals surface area contributed by atoms with Crippen LogP contribution >= 0.6 is 45.5 Å². The van der Waals surface area contributed by atoms with Gasteiger partial charge in [-0.15, -0.1) is 0 Å². The lowest BCUT2D eigenvalue weighted by Crippen LogP contribution is -2.39. The quantitative estimate of drug-likeness (QED) is 0.319. The average molecular weight is 609 g/mol. The molecule has 0 spiro atoms. The van der Waals surface area contributed by atoms with Gasteiger partial charge in [0.1, 0.15) is 5.75 Å². The molecule has 34 heavy (non-hydrogen) atoms. The number of ether oxygens (including phenoxy) is 2. The molecule has 1 aliphatic rings. The molecule has 1 atom stereocenters. The maximum atomic E-state index is 13.7. The summed E-state index contributed by atoms with van der Waals surface area (Å²) in [6.45, 7) is 5.74. The fraction of sp³-hybridized carbons (Fsp3) is 0.240. The van der Waals surface area contributed by atoms with Gasteiger partial charge in [-0.25, -0.2) is 9.79 Å². The Morgan fingerprint density at radius 1 is 1.26 bits per heavy atom. The first-order chi connectivity index (χ1) is 16.2. The smallest absolute Gasteiger partial charge is 0.338 e. The Labute approximate surface area is 219 Å². The van der Waals surface area contributed by atoms with Crippen LogP contribution in [-0.4, -0.2) is 24.3 Å². The van der Waals surface area contributed by atoms with Gasteiger partial charge in [-0.1, -0.05) is 52.8 Å². The maximum absolute atomic E-state index is 13.7. The van der Waals surface area contributed by atoms with Crippen molar-refractivity contribution in [2.45, 2.75) is 26.8 Å². The number of halogens is 2. The standard InChI is InChI=1S/C25H22ClIN2O4S/c1-5-33-24(31)20-14(3)28-25-29(21(20)15-8-6-13(2)7-9-15)23(30)19(34-25)11-16-10-17(26)12-18(27)22(16)32-4/h6-12,21H,5H2,1-4H3/b19-11-/t21-/m0/s1. The van der Waals surface area contributed by atoms with Crippen LogP contribution in [0.2, 0.25) is 5.02 Å². The molecule has 1 aliphatic heterocycles. The summed E-state index contributed by atoms with van der Waals surface area (Å²) in [6, 6.07) is 10.7. The molecule has 0 radical (unpaired) electrons. The molecule has 9 heteroatoms. The van der Waals surface area contributed by atoms with Gasteiger partial charge < -0.3 is 9.47 Å². The Morgan fingerprint density at radius 3 is 2.62 bits per heavy atom. The lowest BCUT2D eigenvalue weighted by Gasteiger charge is -2.24. The molecule has 0 saturated carbocycles. The number of carbonyl (C=O) groups excluding carboxylic acids is 1. The van der Waals surface area contributed by atoms with Crippen molar-refractivity contribution in [2.75, 3.05) is 13.7 Å². The number of hydrogen-bond donors (Lipinski definition) is 0. The van der Waals surface area contributed by atoms with E-state index in [2.05, 4.69) is 27.6 Å². The van der Waals surface area contributed by atoms with E-state index in [1.165, 1.54) is 11.3 Å². The molecule has 176 valence electrons. The van der Waals surface area contributed by atoms with E-state index in [-0.39, 0.29) is 12.2 Å². The fourth-order valence-corrected chi connectivity index (χ4v) is 6.22. The highest BCUT2D eigenvalue weighted by molar-refractivity contribution is 14.1. The molecular weight excluding hydrogens is 587 g/mol. The first kappa shape index (κ1) is 24.7. The van der Waals surface area contributed by atoms with Gasteiger partial charge in [-0.3, -0.25) is 9.36 Å². The number of rotatable bonds is 5. The molecule has 3 aromatic rings. The highest BCUT2D eigenvalue weighted by Crippen LogP contribution is 2.32. The molecule has 0 aliphatic carbocycles. The number of aromatic nitrogens is 1. The third kappa shape index (κ3) is 4.58. The zero-order valence-corrected chi connectivity index (χ0v) is 22.7. The van der Waals surface area contributed by atoms with Crippen molar-refractivity contribution in [1.29, 1.82) is 0 Å². The molecule has 4 rings (SSSR count). The Hall–Kier alpha value is -2.43. The molecule has 0 saturated heterocycles. The van der Waals surface area contributed by atoms with Crippen LogP contribution in [-0.2, 0) is 9.53 Å². The number of benzene rings is 2. The number of nitrogens with zero attached hydrogens (tertiary/aromatic N) is 2. The number of carbonyl (C=O) groups is 1. The molecule has 0 amide bonds. The highest BCUT2D eigenvalue weighted by atomic mass is 127. The summed E-state index contributed by atoms with van der Waals surface area (Å²) < 4.78 is 13.8. The molecule has 0 N–H and O–H groups in total. The molecule has 2 aromatic carbocycles. The van der Waals surface area contributed by atoms with Crippen LogP contribution in [0.15, 0.2) is 57.5 Å². The van der Waals surface area contributed by atoms with Crippen molar-refractivity contribution in [3.05, 3.63) is 92.6 Å². The Kier molecular flexibility index (Phi) is 7.30. The van der Waals surface area contributed by atoms with E-state index in [1.54, 1.807) is 43.7 Å². The number of hydrogen-bond acceptors (Lipinski definition) is 6. The first-order valence-corrected chi connectivity index (χ1v) is 12.8. The predicted molar refractivity (Wildman–Crippen MR) is 142 cm³/mol. The lowest BCUT2D eigenvalue weighted by atomic mass is 9.95. The van der Waals surface area contributed by atoms with E-state index in [1.807, 2.05) is 31.2 Å². The Balaban J connectivity index is 1.99. The Morgan fingerprint density at radius 2 is 1.97 bits per heavy atom. The van der Waals surface area contributed by atoms with Crippen molar-refractivity contribution in [1.82, 2.24) is 4.57 Å². The van der Waals surface area contributed by atoms with Gasteiger partial charge in [0.15, 0.2) is 4.80 Å². The van der Waals surface area contributed by atoms with Crippen molar-refractivity contribution in [3.8, 4) is 5.75 Å². The maximum Gasteiger partial charge on any atom is 0.338 e. The Bertz CT molecular complexity index is 1490. The molecule has 1 aromatic heterocycles. The minimum absolute atomic E-state index is 0.230. The van der Waals surface area contributed by atoms with E-state index in [0.717, 1.165) is 14.7 Å². The van der Waals surface area contributed by atoms with Crippen molar-refractivity contribution < 1.29 is 14.3 Å². The fourth-order valence-electron chi connectivity index (χ4n) is 3.90. The summed E-state index contributed by atoms with van der Waals surface area (Å²) in [6.07, 6.45) is 1.76. The summed E-state index contributed by atoms with van der Waals surface area (Å²) in [7, 11) is 1.58. The zero-order valence-electron chi connectivity index (χ0n) is 19.0. The van der Waals surface area contributed by atoms with Gasteiger partial charge in [-0.05, 0) is 67.1 Å². The number of aryl methyl sites for hydroxylation is 1. The van der Waals surface area contributed by atoms with E-state index in [9.17, 15) is 9.59 Å². The molecule has 0 bridgehead atoms. The topological polar surface area (TPSA) is 69.9 Å². The van der Waals surface area contributed by atoms with Gasteiger partial charge in [0.2, 0.25) is 0 Å². The average Bonchev–Trinajstić information content (AvgIpc) is 3.08. The largest absolute Gasteiger partial charge is 0.495 e. The minimum atomic E-state index is -0.639. The van der Waals surface area contributed by atoms with Crippen LogP contribution in [0.1, 0.15) is 36.6 Å². The summed E-state index contributed by atoms with van der Waals surface area (Å²) in [5.41, 5.74) is 3.23. The van der Waals surface area contributed by atoms with Gasteiger partial charge in [0.25, 0.3) is 5.56 Å². The molecule has 0 fully saturated rings. The van der Waals surface area contributed by atoms with E-state index < -0.39 is 12.0 Å². The van der Waals surface area contributed by atoms with Crippen LogP contribution in [0.4, 0.5) is 0 Å². The summed E-state index contributed by atoms with van der Waals surface area (Å²) in [5.74, 6) is 0.156. The second-order valence-electron chi connectivity index (χ2n) is 7.72. The molecule has 6 nitrogen and oxygen atoms in total. The predicted octanol–water partition coefficient (Wildman–Crippen LogP) is 4.37. The van der Waals surface area contributed by atoms with Crippen molar-refractivity contribution >= 4 is 57.6 Å². The van der Waals surface area contributed by atoms with E-state index in [0.29, 0.717) is 36.9 Å². The number of esters is 1. The van der Waals surface area contributed by atoms with E-state index in [4.69, 9.17) is 21.1 Å². The normalized spacial score (nSPS) is 15.7. The van der Waals surface area contributed by atoms with E-state index >= 15 is 0 Å². The van der Waals surface area contributed by atoms with Crippen molar-refractivity contribution in [3.63, 3.8) is 0 Å². The SMILES string of the molecule is CCOC(=O)C1=C(C)N=c2s/c(=C\c3cc(Cl)cc(I)c3OC)c(=O)n2[C@H]1c1ccc(C)cc1. The lowest BCUT2D eigenvalue weighted by molar-refractivity contribution is -0.139. The highest BCUT2D eigenvalue weighted by Gasteiger charge is 2.33. The second kappa shape index (κ2) is 10.1. The van der Waals surface area contributed by atoms with Crippen molar-refractivity contribution in [2.24, 2.45) is 4.99 Å². The van der Waals surface area contributed by atoms with Crippen LogP contribution in [0.3, 0.4) is 0 Å². The first-order valence-electron chi connectivity index (χ1n) is 10.5. The molecular formula is C25H22ClIN2O4S. The molecule has 2 heterocycles. The summed E-state index contributed by atoms with van der Waals surface area (Å²) in [4.78, 5) is 31.8. The van der Waals surface area contributed by atoms with Crippen LogP contribution in [0.25, 0.3) is 6.08 Å². The number of thiazole rings is 1. The molecule has 0 unspecified atom stereocenters. The van der Waals surface area contributed by atoms with Crippen LogP contribution in [0.5, 0.6) is 5.75 Å². The minimum Gasteiger partial charge on any atom is -0.495 e.